The lowest BCUT2D eigenvalue weighted by atomic mass is 10.1. The van der Waals surface area contributed by atoms with Gasteiger partial charge in [0.05, 0.1) is 12.5 Å². The van der Waals surface area contributed by atoms with Crippen LogP contribution in [0, 0.1) is 5.82 Å². The minimum atomic E-state index is -0.438. The topological polar surface area (TPSA) is 39.4 Å². The van der Waals surface area contributed by atoms with Gasteiger partial charge in [0.1, 0.15) is 17.1 Å². The number of hydrogen-bond donors (Lipinski definition) is 0. The molecular formula is C14H9FO3. The molecule has 2 aromatic carbocycles. The number of benzene rings is 2. The molecule has 4 heteroatoms. The standard InChI is InChI=1S/C14H9FO3/c1-17-9-3-4-10-11(7-9)12-6-8(15)2-5-13(12)18-14(10)16/h2-7H,1H3. The number of hydrogen-bond acceptors (Lipinski definition) is 3. The summed E-state index contributed by atoms with van der Waals surface area (Å²) in [6.07, 6.45) is 0. The number of ether oxygens (including phenoxy) is 1. The maximum absolute atomic E-state index is 13.3. The number of fused-ring (bicyclic) bond motifs is 3. The summed E-state index contributed by atoms with van der Waals surface area (Å²) >= 11 is 0. The molecule has 3 nitrogen and oxygen atoms in total. The molecule has 0 aliphatic rings. The second-order valence-electron chi connectivity index (χ2n) is 3.94. The molecule has 90 valence electrons. The van der Waals surface area contributed by atoms with E-state index < -0.39 is 5.63 Å². The third-order valence-electron chi connectivity index (χ3n) is 2.88. The lowest BCUT2D eigenvalue weighted by Crippen LogP contribution is -2.00. The molecular weight excluding hydrogens is 235 g/mol. The fourth-order valence-corrected chi connectivity index (χ4v) is 2.01. The van der Waals surface area contributed by atoms with Gasteiger partial charge >= 0.3 is 5.63 Å². The first-order valence-corrected chi connectivity index (χ1v) is 5.39. The molecule has 3 rings (SSSR count). The van der Waals surface area contributed by atoms with Crippen LogP contribution in [0.5, 0.6) is 5.75 Å². The average Bonchev–Trinajstić information content (AvgIpc) is 2.39. The van der Waals surface area contributed by atoms with Crippen LogP contribution in [-0.2, 0) is 0 Å². The van der Waals surface area contributed by atoms with Gasteiger partial charge in [-0.2, -0.15) is 0 Å². The lowest BCUT2D eigenvalue weighted by Gasteiger charge is -2.04. The highest BCUT2D eigenvalue weighted by Crippen LogP contribution is 2.26. The van der Waals surface area contributed by atoms with Crippen molar-refractivity contribution in [3.05, 3.63) is 52.6 Å². The molecule has 0 saturated heterocycles. The van der Waals surface area contributed by atoms with Crippen molar-refractivity contribution in [1.29, 1.82) is 0 Å². The van der Waals surface area contributed by atoms with Crippen LogP contribution in [0.15, 0.2) is 45.6 Å². The maximum atomic E-state index is 13.3. The summed E-state index contributed by atoms with van der Waals surface area (Å²) in [5.41, 5.74) is -0.0751. The molecule has 0 saturated carbocycles. The smallest absolute Gasteiger partial charge is 0.344 e. The molecule has 3 aromatic rings. The third-order valence-corrected chi connectivity index (χ3v) is 2.88. The Balaban J connectivity index is 2.56. The summed E-state index contributed by atoms with van der Waals surface area (Å²) in [6.45, 7) is 0. The molecule has 0 N–H and O–H groups in total. The van der Waals surface area contributed by atoms with Gasteiger partial charge in [-0.3, -0.25) is 0 Å². The van der Waals surface area contributed by atoms with E-state index in [1.54, 1.807) is 18.2 Å². The van der Waals surface area contributed by atoms with Gasteiger partial charge in [-0.15, -0.1) is 0 Å². The predicted octanol–water partition coefficient (Wildman–Crippen LogP) is 3.09. The van der Waals surface area contributed by atoms with E-state index in [9.17, 15) is 9.18 Å². The van der Waals surface area contributed by atoms with E-state index >= 15 is 0 Å². The van der Waals surface area contributed by atoms with Gasteiger partial charge < -0.3 is 9.15 Å². The SMILES string of the molecule is COc1ccc2c(=O)oc3ccc(F)cc3c2c1. The zero-order valence-electron chi connectivity index (χ0n) is 9.57. The monoisotopic (exact) mass is 244 g/mol. The quantitative estimate of drug-likeness (QED) is 0.487. The van der Waals surface area contributed by atoms with Gasteiger partial charge in [-0.1, -0.05) is 0 Å². The molecule has 1 heterocycles. The Kier molecular flexibility index (Phi) is 2.30. The van der Waals surface area contributed by atoms with Crippen LogP contribution in [0.4, 0.5) is 4.39 Å². The first-order valence-electron chi connectivity index (χ1n) is 5.39. The van der Waals surface area contributed by atoms with Gasteiger partial charge in [0, 0.05) is 10.8 Å². The van der Waals surface area contributed by atoms with E-state index in [1.807, 2.05) is 0 Å². The van der Waals surface area contributed by atoms with E-state index in [4.69, 9.17) is 9.15 Å². The Bertz CT molecular complexity index is 805. The van der Waals surface area contributed by atoms with Crippen LogP contribution >= 0.6 is 0 Å². The molecule has 0 fully saturated rings. The molecule has 0 bridgehead atoms. The van der Waals surface area contributed by atoms with E-state index in [0.717, 1.165) is 0 Å². The van der Waals surface area contributed by atoms with Crippen LogP contribution in [0.25, 0.3) is 21.7 Å². The predicted molar refractivity (Wildman–Crippen MR) is 66.5 cm³/mol. The number of methoxy groups -OCH3 is 1. The minimum Gasteiger partial charge on any atom is -0.497 e. The maximum Gasteiger partial charge on any atom is 0.344 e. The van der Waals surface area contributed by atoms with Crippen molar-refractivity contribution in [1.82, 2.24) is 0 Å². The second kappa shape index (κ2) is 3.84. The highest BCUT2D eigenvalue weighted by atomic mass is 19.1. The van der Waals surface area contributed by atoms with Gasteiger partial charge in [-0.25, -0.2) is 9.18 Å². The summed E-state index contributed by atoms with van der Waals surface area (Å²) in [4.78, 5) is 11.8. The van der Waals surface area contributed by atoms with Crippen molar-refractivity contribution >= 4 is 21.7 Å². The number of rotatable bonds is 1. The second-order valence-corrected chi connectivity index (χ2v) is 3.94. The van der Waals surface area contributed by atoms with Crippen molar-refractivity contribution < 1.29 is 13.5 Å². The van der Waals surface area contributed by atoms with E-state index in [2.05, 4.69) is 0 Å². The summed E-state index contributed by atoms with van der Waals surface area (Å²) < 4.78 is 23.6. The Hall–Kier alpha value is -2.36. The zero-order valence-corrected chi connectivity index (χ0v) is 9.57. The van der Waals surface area contributed by atoms with Crippen molar-refractivity contribution in [2.75, 3.05) is 7.11 Å². The summed E-state index contributed by atoms with van der Waals surface area (Å²) in [5.74, 6) is 0.235. The third kappa shape index (κ3) is 1.54. The van der Waals surface area contributed by atoms with E-state index in [0.29, 0.717) is 27.5 Å². The molecule has 0 aliphatic heterocycles. The largest absolute Gasteiger partial charge is 0.497 e. The van der Waals surface area contributed by atoms with Crippen LogP contribution in [0.2, 0.25) is 0 Å². The molecule has 18 heavy (non-hydrogen) atoms. The zero-order chi connectivity index (χ0) is 12.7. The highest BCUT2D eigenvalue weighted by Gasteiger charge is 2.09. The van der Waals surface area contributed by atoms with Crippen LogP contribution in [0.1, 0.15) is 0 Å². The van der Waals surface area contributed by atoms with Crippen molar-refractivity contribution in [3.63, 3.8) is 0 Å². The van der Waals surface area contributed by atoms with Gasteiger partial charge in [0.2, 0.25) is 0 Å². The Morgan fingerprint density at radius 3 is 2.67 bits per heavy atom. The molecule has 0 aliphatic carbocycles. The van der Waals surface area contributed by atoms with Gasteiger partial charge in [-0.05, 0) is 36.4 Å². The summed E-state index contributed by atoms with van der Waals surface area (Å²) in [6, 6.07) is 9.05. The Morgan fingerprint density at radius 1 is 1.06 bits per heavy atom. The Morgan fingerprint density at radius 2 is 1.89 bits per heavy atom. The molecule has 0 amide bonds. The normalized spacial score (nSPS) is 11.0. The number of halogens is 1. The summed E-state index contributed by atoms with van der Waals surface area (Å²) in [7, 11) is 1.54. The van der Waals surface area contributed by atoms with Crippen LogP contribution in [0.3, 0.4) is 0 Å². The van der Waals surface area contributed by atoms with Crippen LogP contribution < -0.4 is 10.4 Å². The first-order chi connectivity index (χ1) is 8.69. The fraction of sp³-hybridized carbons (Fsp3) is 0.0714. The van der Waals surface area contributed by atoms with Crippen LogP contribution in [-0.4, -0.2) is 7.11 Å². The molecule has 0 radical (unpaired) electrons. The van der Waals surface area contributed by atoms with Crippen molar-refractivity contribution in [2.24, 2.45) is 0 Å². The fourth-order valence-electron chi connectivity index (χ4n) is 2.01. The highest BCUT2D eigenvalue weighted by molar-refractivity contribution is 6.04. The molecule has 0 unspecified atom stereocenters. The lowest BCUT2D eigenvalue weighted by molar-refractivity contribution is 0.415. The first kappa shape index (κ1) is 10.8. The Labute approximate surface area is 101 Å². The van der Waals surface area contributed by atoms with Gasteiger partial charge in [0.15, 0.2) is 0 Å². The van der Waals surface area contributed by atoms with Crippen molar-refractivity contribution in [2.45, 2.75) is 0 Å². The van der Waals surface area contributed by atoms with Gasteiger partial charge in [0.25, 0.3) is 0 Å². The molecule has 1 aromatic heterocycles. The van der Waals surface area contributed by atoms with E-state index in [1.165, 1.54) is 25.3 Å². The average molecular weight is 244 g/mol. The van der Waals surface area contributed by atoms with Crippen molar-refractivity contribution in [3.8, 4) is 5.75 Å². The van der Waals surface area contributed by atoms with E-state index in [-0.39, 0.29) is 5.82 Å². The molecule has 0 spiro atoms. The molecule has 0 atom stereocenters. The summed E-state index contributed by atoms with van der Waals surface area (Å²) in [5, 5.41) is 1.59. The minimum absolute atomic E-state index is 0.363.